The van der Waals surface area contributed by atoms with E-state index < -0.39 is 10.4 Å². The molecule has 20 heavy (non-hydrogen) atoms. The Hall–Kier alpha value is -0.170. The highest BCUT2D eigenvalue weighted by Crippen LogP contribution is 2.11. The van der Waals surface area contributed by atoms with Crippen molar-refractivity contribution in [3.05, 3.63) is 0 Å². The highest BCUT2D eigenvalue weighted by atomic mass is 32.3. The van der Waals surface area contributed by atoms with Crippen molar-refractivity contribution in [2.45, 2.75) is 66.2 Å². The first-order valence-corrected chi connectivity index (χ1v) is 9.14. The fraction of sp³-hybridized carbons (Fsp3) is 1.00. The van der Waals surface area contributed by atoms with E-state index in [0.29, 0.717) is 0 Å². The maximum absolute atomic E-state index is 8.63. The lowest BCUT2D eigenvalue weighted by Gasteiger charge is -2.35. The summed E-state index contributed by atoms with van der Waals surface area (Å²) < 4.78 is 34.2. The van der Waals surface area contributed by atoms with Gasteiger partial charge in [0.2, 0.25) is 10.4 Å². The summed E-state index contributed by atoms with van der Waals surface area (Å²) in [7, 11) is -4.92. The Kier molecular flexibility index (Phi) is 13.9. The van der Waals surface area contributed by atoms with Crippen LogP contribution in [0.5, 0.6) is 0 Å². The van der Waals surface area contributed by atoms with E-state index in [0.717, 1.165) is 0 Å². The van der Waals surface area contributed by atoms with Crippen LogP contribution in [0.2, 0.25) is 0 Å². The number of quaternary nitrogens is 1. The molecule has 5 nitrogen and oxygen atoms in total. The van der Waals surface area contributed by atoms with Gasteiger partial charge in [-0.05, 0) is 33.6 Å². The maximum Gasteiger partial charge on any atom is 0.215 e. The third-order valence-electron chi connectivity index (χ3n) is 4.00. The second-order valence-electron chi connectivity index (χ2n) is 5.21. The predicted molar refractivity (Wildman–Crippen MR) is 82.5 cm³/mol. The Balaban J connectivity index is 0. The lowest BCUT2D eigenvalue weighted by atomic mass is 10.1. The molecule has 0 rings (SSSR count). The molecular weight excluding hydrogens is 278 g/mol. The fourth-order valence-electron chi connectivity index (χ4n) is 2.37. The van der Waals surface area contributed by atoms with Crippen LogP contribution in [-0.2, 0) is 10.4 Å². The molecule has 0 aliphatic rings. The summed E-state index contributed by atoms with van der Waals surface area (Å²) in [6.07, 6.45) is 8.55. The van der Waals surface area contributed by atoms with Crippen molar-refractivity contribution in [1.82, 2.24) is 0 Å². The number of hydrogen-bond acceptors (Lipinski definition) is 3. The summed E-state index contributed by atoms with van der Waals surface area (Å²) in [5, 5.41) is 0. The molecule has 124 valence electrons. The molecule has 0 spiro atoms. The van der Waals surface area contributed by atoms with Crippen molar-refractivity contribution in [1.29, 1.82) is 0 Å². The van der Waals surface area contributed by atoms with Crippen LogP contribution in [0.25, 0.3) is 0 Å². The topological polar surface area (TPSA) is 77.4 Å². The number of hydrogen-bond donors (Lipinski definition) is 1. The minimum absolute atomic E-state index is 1.31. The van der Waals surface area contributed by atoms with Crippen LogP contribution >= 0.6 is 0 Å². The van der Waals surface area contributed by atoms with Crippen molar-refractivity contribution >= 4 is 10.4 Å². The minimum atomic E-state index is -4.92. The molecule has 1 N–H and O–H groups in total. The summed E-state index contributed by atoms with van der Waals surface area (Å²) >= 11 is 0. The van der Waals surface area contributed by atoms with E-state index in [2.05, 4.69) is 27.7 Å². The minimum Gasteiger partial charge on any atom is -0.726 e. The average Bonchev–Trinajstić information content (AvgIpc) is 2.37. The molecule has 0 fully saturated rings. The van der Waals surface area contributed by atoms with Crippen molar-refractivity contribution in [3.8, 4) is 0 Å². The predicted octanol–water partition coefficient (Wildman–Crippen LogP) is 3.23. The SMILES string of the molecule is CCCCCCCC[N+](CC)(CC)CC.O=S(=O)([O-])O. The lowest BCUT2D eigenvalue weighted by molar-refractivity contribution is -0.923. The van der Waals surface area contributed by atoms with Gasteiger partial charge in [0.25, 0.3) is 0 Å². The molecular formula is C14H33NO4S. The van der Waals surface area contributed by atoms with Gasteiger partial charge in [0, 0.05) is 0 Å². The molecule has 0 aromatic heterocycles. The van der Waals surface area contributed by atoms with E-state index in [4.69, 9.17) is 17.5 Å². The second kappa shape index (κ2) is 12.6. The summed E-state index contributed by atoms with van der Waals surface area (Å²) in [5.74, 6) is 0. The zero-order valence-corrected chi connectivity index (χ0v) is 14.4. The van der Waals surface area contributed by atoms with Gasteiger partial charge < -0.3 is 9.04 Å². The van der Waals surface area contributed by atoms with Gasteiger partial charge in [-0.1, -0.05) is 32.6 Å². The van der Waals surface area contributed by atoms with Crippen LogP contribution in [0.4, 0.5) is 0 Å². The Bertz CT molecular complexity index is 284. The maximum atomic E-state index is 8.63. The molecule has 0 aromatic carbocycles. The summed E-state index contributed by atoms with van der Waals surface area (Å²) in [5.41, 5.74) is 0. The Morgan fingerprint density at radius 1 is 0.850 bits per heavy atom. The number of nitrogens with zero attached hydrogens (tertiary/aromatic N) is 1. The Morgan fingerprint density at radius 3 is 1.55 bits per heavy atom. The first-order valence-electron chi connectivity index (χ1n) is 7.78. The van der Waals surface area contributed by atoms with Crippen LogP contribution < -0.4 is 0 Å². The molecule has 0 radical (unpaired) electrons. The van der Waals surface area contributed by atoms with Crippen molar-refractivity contribution < 1.29 is 22.0 Å². The number of rotatable bonds is 10. The molecule has 0 bridgehead atoms. The lowest BCUT2D eigenvalue weighted by Crippen LogP contribution is -2.48. The van der Waals surface area contributed by atoms with E-state index in [9.17, 15) is 0 Å². The first kappa shape index (κ1) is 22.1. The summed E-state index contributed by atoms with van der Waals surface area (Å²) in [6, 6.07) is 0. The molecule has 0 aromatic rings. The van der Waals surface area contributed by atoms with Gasteiger partial charge in [-0.25, -0.2) is 8.42 Å². The van der Waals surface area contributed by atoms with Gasteiger partial charge in [-0.15, -0.1) is 0 Å². The third kappa shape index (κ3) is 15.9. The summed E-state index contributed by atoms with van der Waals surface area (Å²) in [6.45, 7) is 14.6. The van der Waals surface area contributed by atoms with Crippen LogP contribution in [0.15, 0.2) is 0 Å². The molecule has 0 heterocycles. The van der Waals surface area contributed by atoms with Crippen molar-refractivity contribution in [2.75, 3.05) is 26.2 Å². The third-order valence-corrected chi connectivity index (χ3v) is 4.00. The monoisotopic (exact) mass is 311 g/mol. The Morgan fingerprint density at radius 2 is 1.20 bits per heavy atom. The van der Waals surface area contributed by atoms with Crippen LogP contribution in [0, 0.1) is 0 Å². The zero-order valence-electron chi connectivity index (χ0n) is 13.6. The van der Waals surface area contributed by atoms with Crippen LogP contribution in [-0.4, -0.2) is 48.2 Å². The van der Waals surface area contributed by atoms with E-state index in [1.54, 1.807) is 0 Å². The Labute approximate surface area is 125 Å². The van der Waals surface area contributed by atoms with Crippen molar-refractivity contribution in [3.63, 3.8) is 0 Å². The standard InChI is InChI=1S/C14H32N.H2O4S/c1-5-9-10-11-12-13-14-15(6-2,7-3)8-4;1-5(2,3)4/h5-14H2,1-4H3;(H2,1,2,3,4)/q+1;/p-1. The van der Waals surface area contributed by atoms with Gasteiger partial charge in [0.15, 0.2) is 0 Å². The van der Waals surface area contributed by atoms with Crippen LogP contribution in [0.1, 0.15) is 66.2 Å². The van der Waals surface area contributed by atoms with Gasteiger partial charge in [0.1, 0.15) is 0 Å². The molecule has 6 heteroatoms. The zero-order chi connectivity index (χ0) is 16.1. The molecule has 0 atom stereocenters. The average molecular weight is 311 g/mol. The van der Waals surface area contributed by atoms with Crippen LogP contribution in [0.3, 0.4) is 0 Å². The molecule has 0 saturated carbocycles. The van der Waals surface area contributed by atoms with Gasteiger partial charge in [0.05, 0.1) is 26.2 Å². The molecule has 0 unspecified atom stereocenters. The largest absolute Gasteiger partial charge is 0.726 e. The highest BCUT2D eigenvalue weighted by molar-refractivity contribution is 7.79. The van der Waals surface area contributed by atoms with E-state index in [1.165, 1.54) is 69.2 Å². The van der Waals surface area contributed by atoms with E-state index in [-0.39, 0.29) is 0 Å². The summed E-state index contributed by atoms with van der Waals surface area (Å²) in [4.78, 5) is 0. The highest BCUT2D eigenvalue weighted by Gasteiger charge is 2.19. The van der Waals surface area contributed by atoms with Gasteiger partial charge in [-0.3, -0.25) is 4.55 Å². The fourth-order valence-corrected chi connectivity index (χ4v) is 2.37. The number of unbranched alkanes of at least 4 members (excludes halogenated alkanes) is 5. The molecule has 0 saturated heterocycles. The van der Waals surface area contributed by atoms with Crippen molar-refractivity contribution in [2.24, 2.45) is 0 Å². The van der Waals surface area contributed by atoms with Gasteiger partial charge >= 0.3 is 0 Å². The van der Waals surface area contributed by atoms with E-state index in [1.807, 2.05) is 0 Å². The molecule has 0 aliphatic heterocycles. The second-order valence-corrected chi connectivity index (χ2v) is 6.06. The smallest absolute Gasteiger partial charge is 0.215 e. The molecule has 0 aliphatic carbocycles. The molecule has 0 amide bonds. The first-order chi connectivity index (χ1) is 9.24. The normalized spacial score (nSPS) is 11.9. The van der Waals surface area contributed by atoms with Gasteiger partial charge in [-0.2, -0.15) is 0 Å². The quantitative estimate of drug-likeness (QED) is 0.291. The van der Waals surface area contributed by atoms with E-state index >= 15 is 0 Å².